The van der Waals surface area contributed by atoms with Crippen molar-refractivity contribution < 1.29 is 23.9 Å². The van der Waals surface area contributed by atoms with Crippen molar-refractivity contribution in [1.82, 2.24) is 20.5 Å². The number of fused-ring (bicyclic) bond motifs is 1. The monoisotopic (exact) mass is 709 g/mol. The minimum absolute atomic E-state index is 0.0388. The molecule has 1 saturated carbocycles. The van der Waals surface area contributed by atoms with Crippen LogP contribution in [0.25, 0.3) is 0 Å². The van der Waals surface area contributed by atoms with Gasteiger partial charge in [0.2, 0.25) is 0 Å². The molecule has 13 heteroatoms. The van der Waals surface area contributed by atoms with Gasteiger partial charge in [0, 0.05) is 65.9 Å². The van der Waals surface area contributed by atoms with Crippen LogP contribution in [0.1, 0.15) is 74.4 Å². The number of anilines is 2. The van der Waals surface area contributed by atoms with Crippen LogP contribution >= 0.6 is 11.3 Å². The molecule has 1 fully saturated rings. The molecule has 1 aliphatic heterocycles. The Morgan fingerprint density at radius 1 is 0.961 bits per heavy atom. The highest BCUT2D eigenvalue weighted by Crippen LogP contribution is 2.33. The number of nitrogens with zero attached hydrogens (tertiary/aromatic N) is 2. The molecule has 1 aromatic heterocycles. The van der Waals surface area contributed by atoms with Crippen molar-refractivity contribution in [3.63, 3.8) is 0 Å². The molecule has 12 nitrogen and oxygen atoms in total. The highest BCUT2D eigenvalue weighted by molar-refractivity contribution is 7.07. The summed E-state index contributed by atoms with van der Waals surface area (Å²) in [5.74, 6) is -0.343. The minimum Gasteiger partial charge on any atom is -0.482 e. The fourth-order valence-electron chi connectivity index (χ4n) is 5.85. The van der Waals surface area contributed by atoms with Gasteiger partial charge in [-0.2, -0.15) is 0 Å². The van der Waals surface area contributed by atoms with Crippen molar-refractivity contribution >= 4 is 46.3 Å². The van der Waals surface area contributed by atoms with Gasteiger partial charge < -0.3 is 36.6 Å². The lowest BCUT2D eigenvalue weighted by molar-refractivity contribution is -0.118. The fraction of sp³-hybridized carbons (Fsp3) is 0.342. The molecule has 266 valence electrons. The first kappa shape index (κ1) is 35.7. The first-order chi connectivity index (χ1) is 24.8. The van der Waals surface area contributed by atoms with Crippen LogP contribution in [0.4, 0.5) is 11.4 Å². The third-order valence-corrected chi connectivity index (χ3v) is 9.37. The Labute approximate surface area is 301 Å². The standard InChI is InChI=1S/C38H43N7O5S/c39-29(19-31-23-51-24-42-31)20-40-15-2-1-3-16-41-36(47)27-5-4-6-30(17-27)43-37(48)26-9-7-25(8-10-26)21-45(32-12-13-32)38(49)28-11-14-33-34(18-28)50-22-35(46)44-33/h4-11,14,17-18,23-24,29,32,40H,1-3,12-13,15-16,19-22,39H2,(H,41,47)(H,43,48)(H,44,46)/t29-/m0/s1. The molecular formula is C38H43N7O5S. The van der Waals surface area contributed by atoms with Crippen molar-refractivity contribution in [2.45, 2.75) is 57.2 Å². The summed E-state index contributed by atoms with van der Waals surface area (Å²) in [5.41, 5.74) is 12.4. The first-order valence-corrected chi connectivity index (χ1v) is 18.3. The zero-order valence-corrected chi connectivity index (χ0v) is 29.2. The number of amides is 4. The predicted molar refractivity (Wildman–Crippen MR) is 197 cm³/mol. The van der Waals surface area contributed by atoms with E-state index in [4.69, 9.17) is 10.5 Å². The summed E-state index contributed by atoms with van der Waals surface area (Å²) >= 11 is 1.58. The number of rotatable bonds is 17. The summed E-state index contributed by atoms with van der Waals surface area (Å²) in [4.78, 5) is 57.1. The summed E-state index contributed by atoms with van der Waals surface area (Å²) in [7, 11) is 0. The van der Waals surface area contributed by atoms with E-state index in [9.17, 15) is 19.2 Å². The average Bonchev–Trinajstić information content (AvgIpc) is 3.86. The number of hydrogen-bond acceptors (Lipinski definition) is 9. The highest BCUT2D eigenvalue weighted by atomic mass is 32.1. The molecule has 2 aliphatic rings. The molecule has 0 spiro atoms. The van der Waals surface area contributed by atoms with E-state index in [1.165, 1.54) is 0 Å². The summed E-state index contributed by atoms with van der Waals surface area (Å²) in [6.45, 7) is 2.50. The van der Waals surface area contributed by atoms with Crippen molar-refractivity contribution in [2.24, 2.45) is 5.73 Å². The molecular weight excluding hydrogens is 667 g/mol. The quantitative estimate of drug-likeness (QED) is 0.0993. The highest BCUT2D eigenvalue weighted by Gasteiger charge is 2.33. The summed E-state index contributed by atoms with van der Waals surface area (Å²) in [6.07, 6.45) is 5.47. The number of nitrogens with two attached hydrogens (primary N) is 1. The van der Waals surface area contributed by atoms with Gasteiger partial charge in [-0.1, -0.05) is 24.6 Å². The molecule has 6 N–H and O–H groups in total. The molecule has 3 aromatic carbocycles. The van der Waals surface area contributed by atoms with Gasteiger partial charge in [-0.3, -0.25) is 19.2 Å². The van der Waals surface area contributed by atoms with Gasteiger partial charge in [0.25, 0.3) is 23.6 Å². The van der Waals surface area contributed by atoms with E-state index in [2.05, 4.69) is 26.3 Å². The van der Waals surface area contributed by atoms with Gasteiger partial charge in [0.15, 0.2) is 6.61 Å². The van der Waals surface area contributed by atoms with Crippen LogP contribution in [0, 0.1) is 0 Å². The summed E-state index contributed by atoms with van der Waals surface area (Å²) in [6, 6.07) is 19.3. The molecule has 4 amide bonds. The minimum atomic E-state index is -0.298. The Morgan fingerprint density at radius 3 is 2.55 bits per heavy atom. The first-order valence-electron chi connectivity index (χ1n) is 17.3. The Balaban J connectivity index is 0.926. The third-order valence-electron chi connectivity index (χ3n) is 8.74. The number of hydrogen-bond donors (Lipinski definition) is 5. The van der Waals surface area contributed by atoms with Gasteiger partial charge in [-0.25, -0.2) is 4.98 Å². The van der Waals surface area contributed by atoms with Crippen molar-refractivity contribution in [3.8, 4) is 5.75 Å². The largest absolute Gasteiger partial charge is 0.482 e. The lowest BCUT2D eigenvalue weighted by Gasteiger charge is -2.24. The van der Waals surface area contributed by atoms with Gasteiger partial charge in [0.05, 0.1) is 16.9 Å². The number of carbonyl (C=O) groups excluding carboxylic acids is 4. The van der Waals surface area contributed by atoms with Crippen LogP contribution in [0.5, 0.6) is 5.75 Å². The number of nitrogens with one attached hydrogen (secondary N) is 4. The van der Waals surface area contributed by atoms with E-state index in [1.807, 2.05) is 27.9 Å². The molecule has 0 saturated heterocycles. The Morgan fingerprint density at radius 2 is 1.76 bits per heavy atom. The van der Waals surface area contributed by atoms with Crippen molar-refractivity contribution in [1.29, 1.82) is 0 Å². The smallest absolute Gasteiger partial charge is 0.262 e. The average molecular weight is 710 g/mol. The van der Waals surface area contributed by atoms with Crippen LogP contribution in [0.15, 0.2) is 77.6 Å². The topological polar surface area (TPSA) is 168 Å². The number of carbonyl (C=O) groups is 4. The van der Waals surface area contributed by atoms with Crippen LogP contribution in [0.3, 0.4) is 0 Å². The van der Waals surface area contributed by atoms with E-state index in [0.717, 1.165) is 62.9 Å². The maximum atomic E-state index is 13.5. The zero-order chi connectivity index (χ0) is 35.6. The van der Waals surface area contributed by atoms with Gasteiger partial charge in [0.1, 0.15) is 5.75 Å². The molecule has 4 aromatic rings. The van der Waals surface area contributed by atoms with E-state index in [-0.39, 0.29) is 42.3 Å². The number of benzene rings is 3. The lowest BCUT2D eigenvalue weighted by Crippen LogP contribution is -2.36. The zero-order valence-electron chi connectivity index (χ0n) is 28.4. The van der Waals surface area contributed by atoms with E-state index >= 15 is 0 Å². The van der Waals surface area contributed by atoms with Gasteiger partial charge in [-0.15, -0.1) is 11.3 Å². The Kier molecular flexibility index (Phi) is 12.0. The second kappa shape index (κ2) is 17.2. The number of ether oxygens (including phenoxy) is 1. The van der Waals surface area contributed by atoms with Crippen molar-refractivity contribution in [2.75, 3.05) is 36.9 Å². The molecule has 6 rings (SSSR count). The van der Waals surface area contributed by atoms with Crippen LogP contribution < -0.4 is 31.7 Å². The maximum Gasteiger partial charge on any atom is 0.262 e. The van der Waals surface area contributed by atoms with Crippen molar-refractivity contribution in [3.05, 3.63) is 106 Å². The maximum absolute atomic E-state index is 13.5. The fourth-order valence-corrected chi connectivity index (χ4v) is 6.42. The van der Waals surface area contributed by atoms with E-state index in [0.29, 0.717) is 46.9 Å². The molecule has 1 atom stereocenters. The summed E-state index contributed by atoms with van der Waals surface area (Å²) in [5, 5.41) is 14.0. The van der Waals surface area contributed by atoms with Crippen LogP contribution in [-0.4, -0.2) is 71.8 Å². The SMILES string of the molecule is N[C@H](CNCCCCCNC(=O)c1cccc(NC(=O)c2ccc(CN(C(=O)c3ccc4c(c3)OCC(=O)N4)C3CC3)cc2)c1)Cc1cscn1. The molecule has 0 unspecified atom stereocenters. The van der Waals surface area contributed by atoms with Crippen LogP contribution in [-0.2, 0) is 17.8 Å². The number of thiazole rings is 1. The van der Waals surface area contributed by atoms with E-state index in [1.54, 1.807) is 65.9 Å². The normalized spacial score (nSPS) is 14.1. The third kappa shape index (κ3) is 10.2. The molecule has 2 heterocycles. The summed E-state index contributed by atoms with van der Waals surface area (Å²) < 4.78 is 5.50. The van der Waals surface area contributed by atoms with Gasteiger partial charge >= 0.3 is 0 Å². The number of aromatic nitrogens is 1. The number of unbranched alkanes of at least 4 members (excludes halogenated alkanes) is 2. The molecule has 0 bridgehead atoms. The molecule has 0 radical (unpaired) electrons. The van der Waals surface area contributed by atoms with Crippen LogP contribution in [0.2, 0.25) is 0 Å². The lowest BCUT2D eigenvalue weighted by atomic mass is 10.1. The molecule has 51 heavy (non-hydrogen) atoms. The Bertz CT molecular complexity index is 1830. The molecule has 1 aliphatic carbocycles. The second-order valence-electron chi connectivity index (χ2n) is 12.9. The van der Waals surface area contributed by atoms with Gasteiger partial charge in [-0.05, 0) is 86.3 Å². The van der Waals surface area contributed by atoms with E-state index < -0.39 is 0 Å². The predicted octanol–water partition coefficient (Wildman–Crippen LogP) is 4.59. The second-order valence-corrected chi connectivity index (χ2v) is 13.6. The Hall–Kier alpha value is -5.11.